The molecule has 2 N–H and O–H groups in total. The van der Waals surface area contributed by atoms with Crippen LogP contribution in [0.15, 0.2) is 16.9 Å². The predicted octanol–water partition coefficient (Wildman–Crippen LogP) is 1.32. The summed E-state index contributed by atoms with van der Waals surface area (Å²) in [5.74, 6) is 0. The van der Waals surface area contributed by atoms with Gasteiger partial charge in [-0.2, -0.15) is 10.2 Å². The maximum absolute atomic E-state index is 5.72. The van der Waals surface area contributed by atoms with Gasteiger partial charge in [-0.3, -0.25) is 9.36 Å². The Balaban J connectivity index is 2.25. The zero-order chi connectivity index (χ0) is 11.0. The Kier molecular flexibility index (Phi) is 2.52. The first-order valence-electron chi connectivity index (χ1n) is 4.54. The Morgan fingerprint density at radius 3 is 2.60 bits per heavy atom. The molecule has 2 heterocycles. The Labute approximate surface area is 96.0 Å². The van der Waals surface area contributed by atoms with E-state index in [0.717, 1.165) is 15.9 Å². The Morgan fingerprint density at radius 2 is 2.13 bits per heavy atom. The van der Waals surface area contributed by atoms with Gasteiger partial charge in [-0.25, -0.2) is 0 Å². The molecule has 6 heteroatoms. The van der Waals surface area contributed by atoms with Gasteiger partial charge in [0.25, 0.3) is 0 Å². The van der Waals surface area contributed by atoms with Crippen molar-refractivity contribution in [3.05, 3.63) is 28.3 Å². The van der Waals surface area contributed by atoms with Crippen molar-refractivity contribution >= 4 is 21.6 Å². The van der Waals surface area contributed by atoms with Crippen LogP contribution in [-0.2, 0) is 13.6 Å². The van der Waals surface area contributed by atoms with Gasteiger partial charge >= 0.3 is 0 Å². The van der Waals surface area contributed by atoms with Crippen LogP contribution >= 0.6 is 15.9 Å². The molecule has 0 aliphatic carbocycles. The van der Waals surface area contributed by atoms with Crippen LogP contribution in [0.4, 0.5) is 5.69 Å². The van der Waals surface area contributed by atoms with Crippen LogP contribution in [0.3, 0.4) is 0 Å². The van der Waals surface area contributed by atoms with Crippen LogP contribution in [0.5, 0.6) is 0 Å². The molecule has 0 atom stereocenters. The molecule has 0 aliphatic rings. The van der Waals surface area contributed by atoms with Gasteiger partial charge in [0.1, 0.15) is 0 Å². The van der Waals surface area contributed by atoms with Crippen molar-refractivity contribution in [3.8, 4) is 0 Å². The monoisotopic (exact) mass is 269 g/mol. The lowest BCUT2D eigenvalue weighted by Gasteiger charge is -1.97. The van der Waals surface area contributed by atoms with Gasteiger partial charge in [0.2, 0.25) is 0 Å². The highest BCUT2D eigenvalue weighted by molar-refractivity contribution is 9.10. The minimum absolute atomic E-state index is 0.624. The maximum Gasteiger partial charge on any atom is 0.0981 e. The Bertz CT molecular complexity index is 465. The molecule has 2 rings (SSSR count). The first-order valence-corrected chi connectivity index (χ1v) is 5.33. The number of hydrogen-bond donors (Lipinski definition) is 1. The van der Waals surface area contributed by atoms with Gasteiger partial charge in [0.05, 0.1) is 28.1 Å². The summed E-state index contributed by atoms with van der Waals surface area (Å²) < 4.78 is 4.54. The van der Waals surface area contributed by atoms with Gasteiger partial charge in [0, 0.05) is 19.4 Å². The molecular weight excluding hydrogens is 258 g/mol. The molecule has 0 aliphatic heterocycles. The van der Waals surface area contributed by atoms with E-state index in [2.05, 4.69) is 26.1 Å². The smallest absolute Gasteiger partial charge is 0.0981 e. The van der Waals surface area contributed by atoms with E-state index < -0.39 is 0 Å². The number of nitrogen functional groups attached to an aromatic ring is 1. The van der Waals surface area contributed by atoms with Crippen molar-refractivity contribution in [2.24, 2.45) is 7.05 Å². The van der Waals surface area contributed by atoms with E-state index in [4.69, 9.17) is 5.73 Å². The summed E-state index contributed by atoms with van der Waals surface area (Å²) in [7, 11) is 1.89. The fraction of sp³-hybridized carbons (Fsp3) is 0.333. The fourth-order valence-electron chi connectivity index (χ4n) is 1.38. The third kappa shape index (κ3) is 2.04. The van der Waals surface area contributed by atoms with Gasteiger partial charge in [-0.1, -0.05) is 0 Å². The van der Waals surface area contributed by atoms with E-state index in [1.807, 2.05) is 26.4 Å². The number of hydrogen-bond acceptors (Lipinski definition) is 3. The fourth-order valence-corrected chi connectivity index (χ4v) is 1.88. The third-order valence-electron chi connectivity index (χ3n) is 2.15. The first kappa shape index (κ1) is 10.2. The molecule has 0 saturated carbocycles. The minimum atomic E-state index is 0.624. The standard InChI is InChI=1S/C9H12BrN5/c1-6-8(11)4-15(12-6)5-9-7(10)3-14(2)13-9/h3-4H,5,11H2,1-2H3. The number of nitrogens with two attached hydrogens (primary N) is 1. The maximum atomic E-state index is 5.72. The summed E-state index contributed by atoms with van der Waals surface area (Å²) in [5.41, 5.74) is 8.22. The summed E-state index contributed by atoms with van der Waals surface area (Å²) in [4.78, 5) is 0. The van der Waals surface area contributed by atoms with E-state index >= 15 is 0 Å². The first-order chi connectivity index (χ1) is 7.06. The van der Waals surface area contributed by atoms with Gasteiger partial charge in [0.15, 0.2) is 0 Å². The SMILES string of the molecule is Cc1nn(Cc2nn(C)cc2Br)cc1N. The lowest BCUT2D eigenvalue weighted by molar-refractivity contribution is 0.644. The summed E-state index contributed by atoms with van der Waals surface area (Å²) >= 11 is 3.44. The average Bonchev–Trinajstić information content (AvgIpc) is 2.59. The molecule has 5 nitrogen and oxygen atoms in total. The average molecular weight is 270 g/mol. The van der Waals surface area contributed by atoms with E-state index in [0.29, 0.717) is 12.2 Å². The van der Waals surface area contributed by atoms with Crippen LogP contribution in [0.25, 0.3) is 0 Å². The summed E-state index contributed by atoms with van der Waals surface area (Å²) in [6.45, 7) is 2.51. The molecule has 2 aromatic heterocycles. The van der Waals surface area contributed by atoms with Crippen LogP contribution in [-0.4, -0.2) is 19.6 Å². The summed E-state index contributed by atoms with van der Waals surface area (Å²) in [5, 5.41) is 8.59. The van der Waals surface area contributed by atoms with Crippen LogP contribution in [0.2, 0.25) is 0 Å². The molecule has 0 fully saturated rings. The second kappa shape index (κ2) is 3.69. The molecule has 0 spiro atoms. The number of anilines is 1. The topological polar surface area (TPSA) is 61.7 Å². The summed E-state index contributed by atoms with van der Waals surface area (Å²) in [6, 6.07) is 0. The molecule has 0 unspecified atom stereocenters. The Hall–Kier alpha value is -1.30. The van der Waals surface area contributed by atoms with Crippen LogP contribution < -0.4 is 5.73 Å². The quantitative estimate of drug-likeness (QED) is 0.895. The van der Waals surface area contributed by atoms with Crippen molar-refractivity contribution in [1.29, 1.82) is 0 Å². The number of aromatic nitrogens is 4. The predicted molar refractivity (Wildman–Crippen MR) is 61.4 cm³/mol. The lowest BCUT2D eigenvalue weighted by atomic mass is 10.4. The van der Waals surface area contributed by atoms with Gasteiger partial charge < -0.3 is 5.73 Å². The number of nitrogens with zero attached hydrogens (tertiary/aromatic N) is 4. The second-order valence-corrected chi connectivity index (χ2v) is 4.32. The number of aryl methyl sites for hydroxylation is 2. The molecule has 0 bridgehead atoms. The van der Waals surface area contributed by atoms with Gasteiger partial charge in [-0.15, -0.1) is 0 Å². The zero-order valence-corrected chi connectivity index (χ0v) is 10.2. The van der Waals surface area contributed by atoms with E-state index in [9.17, 15) is 0 Å². The molecule has 15 heavy (non-hydrogen) atoms. The molecule has 2 aromatic rings. The number of rotatable bonds is 2. The van der Waals surface area contributed by atoms with E-state index in [1.165, 1.54) is 0 Å². The summed E-state index contributed by atoms with van der Waals surface area (Å²) in [6.07, 6.45) is 3.73. The van der Waals surface area contributed by atoms with Crippen molar-refractivity contribution in [2.75, 3.05) is 5.73 Å². The van der Waals surface area contributed by atoms with Crippen LogP contribution in [0.1, 0.15) is 11.4 Å². The van der Waals surface area contributed by atoms with Crippen LogP contribution in [0, 0.1) is 6.92 Å². The third-order valence-corrected chi connectivity index (χ3v) is 2.81. The molecule has 0 aromatic carbocycles. The van der Waals surface area contributed by atoms with Crippen molar-refractivity contribution in [1.82, 2.24) is 19.6 Å². The Morgan fingerprint density at radius 1 is 1.40 bits per heavy atom. The van der Waals surface area contributed by atoms with Crippen molar-refractivity contribution in [3.63, 3.8) is 0 Å². The second-order valence-electron chi connectivity index (χ2n) is 3.46. The lowest BCUT2D eigenvalue weighted by Crippen LogP contribution is -2.02. The molecule has 0 amide bonds. The largest absolute Gasteiger partial charge is 0.396 e. The highest BCUT2D eigenvalue weighted by Gasteiger charge is 2.07. The minimum Gasteiger partial charge on any atom is -0.396 e. The number of halogens is 1. The highest BCUT2D eigenvalue weighted by Crippen LogP contribution is 2.16. The zero-order valence-electron chi connectivity index (χ0n) is 8.61. The molecular formula is C9H12BrN5. The molecule has 80 valence electrons. The van der Waals surface area contributed by atoms with E-state index in [-0.39, 0.29) is 0 Å². The molecule has 0 radical (unpaired) electrons. The van der Waals surface area contributed by atoms with Gasteiger partial charge in [-0.05, 0) is 22.9 Å². The van der Waals surface area contributed by atoms with E-state index in [1.54, 1.807) is 9.36 Å². The molecule has 0 saturated heterocycles. The normalized spacial score (nSPS) is 10.9. The van der Waals surface area contributed by atoms with Crippen molar-refractivity contribution in [2.45, 2.75) is 13.5 Å². The highest BCUT2D eigenvalue weighted by atomic mass is 79.9. The van der Waals surface area contributed by atoms with Crippen molar-refractivity contribution < 1.29 is 0 Å².